The van der Waals surface area contributed by atoms with Crippen LogP contribution in [-0.4, -0.2) is 75.7 Å². The molecule has 4 saturated heterocycles. The van der Waals surface area contributed by atoms with E-state index in [1.54, 1.807) is 0 Å². The maximum Gasteiger partial charge on any atom is 0.313 e. The van der Waals surface area contributed by atoms with E-state index in [4.69, 9.17) is 14.5 Å². The summed E-state index contributed by atoms with van der Waals surface area (Å²) in [6.45, 7) is 1.40. The van der Waals surface area contributed by atoms with Gasteiger partial charge in [0.15, 0.2) is 11.6 Å². The standard InChI is InChI=1S/C31H42N4O5/c36-29-28(33-15-14-31(39-16-17-40-31)25(20-33)30(37)38)32-26-10-6-7-11-27(26)35(29)24-18-22-12-13-23(19-24)34(22)21-8-4-2-1-3-5-9-21/h6-7,10-11,21-25H,1-5,8-9,12-20H2,(H,37,38)/t22-,23+,24+,25?. The highest BCUT2D eigenvalue weighted by atomic mass is 16.7. The molecule has 9 nitrogen and oxygen atoms in total. The number of ether oxygens (including phenoxy) is 2. The lowest BCUT2D eigenvalue weighted by Gasteiger charge is -2.45. The van der Waals surface area contributed by atoms with Crippen molar-refractivity contribution in [1.29, 1.82) is 0 Å². The Balaban J connectivity index is 1.20. The first kappa shape index (κ1) is 26.4. The van der Waals surface area contributed by atoms with Gasteiger partial charge in [-0.2, -0.15) is 0 Å². The predicted molar refractivity (Wildman–Crippen MR) is 152 cm³/mol. The molecule has 0 amide bonds. The number of hydrogen-bond donors (Lipinski definition) is 1. The fraction of sp³-hybridized carbons (Fsp3) is 0.710. The number of aromatic nitrogens is 2. The van der Waals surface area contributed by atoms with E-state index in [1.807, 2.05) is 33.7 Å². The van der Waals surface area contributed by atoms with E-state index < -0.39 is 17.7 Å². The number of carboxylic acids is 1. The van der Waals surface area contributed by atoms with E-state index in [0.717, 1.165) is 23.9 Å². The minimum Gasteiger partial charge on any atom is -0.481 e. The number of carboxylic acid groups (broad SMARTS) is 1. The Kier molecular flexibility index (Phi) is 7.08. The Hall–Kier alpha value is -2.49. The summed E-state index contributed by atoms with van der Waals surface area (Å²) < 4.78 is 13.7. The SMILES string of the molecule is O=C(O)C1CN(c2nc3ccccc3n([C@H]3C[C@H]4CC[C@@H](C3)N4C3CCCCCCC3)c2=O)CCC12OCCO2. The van der Waals surface area contributed by atoms with Crippen molar-refractivity contribution in [3.63, 3.8) is 0 Å². The molecule has 0 radical (unpaired) electrons. The lowest BCUT2D eigenvalue weighted by molar-refractivity contribution is -0.212. The minimum absolute atomic E-state index is 0.101. The zero-order valence-electron chi connectivity index (χ0n) is 23.4. The Bertz CT molecular complexity index is 1280. The van der Waals surface area contributed by atoms with Gasteiger partial charge < -0.3 is 24.0 Å². The van der Waals surface area contributed by atoms with Crippen molar-refractivity contribution in [2.45, 2.75) is 107 Å². The molecule has 1 spiro atoms. The fourth-order valence-corrected chi connectivity index (χ4v) is 8.62. The van der Waals surface area contributed by atoms with Gasteiger partial charge in [-0.05, 0) is 50.7 Å². The normalized spacial score (nSPS) is 31.4. The summed E-state index contributed by atoms with van der Waals surface area (Å²) in [6.07, 6.45) is 14.2. The van der Waals surface area contributed by atoms with Crippen LogP contribution < -0.4 is 10.5 Å². The van der Waals surface area contributed by atoms with Gasteiger partial charge >= 0.3 is 5.97 Å². The summed E-state index contributed by atoms with van der Waals surface area (Å²) >= 11 is 0. The predicted octanol–water partition coefficient (Wildman–Crippen LogP) is 4.33. The fourth-order valence-electron chi connectivity index (χ4n) is 8.62. The van der Waals surface area contributed by atoms with Crippen molar-refractivity contribution in [3.8, 4) is 0 Å². The third-order valence-electron chi connectivity index (χ3n) is 10.4. The van der Waals surface area contributed by atoms with Gasteiger partial charge in [0.25, 0.3) is 5.56 Å². The summed E-state index contributed by atoms with van der Waals surface area (Å²) in [5.41, 5.74) is 1.56. The lowest BCUT2D eigenvalue weighted by atomic mass is 9.89. The van der Waals surface area contributed by atoms with Crippen LogP contribution in [0.5, 0.6) is 0 Å². The van der Waals surface area contributed by atoms with Crippen molar-refractivity contribution in [3.05, 3.63) is 34.6 Å². The number of carbonyl (C=O) groups is 1. The van der Waals surface area contributed by atoms with E-state index in [0.29, 0.717) is 50.1 Å². The largest absolute Gasteiger partial charge is 0.481 e. The molecule has 4 atom stereocenters. The molecule has 1 aromatic carbocycles. The molecule has 5 aliphatic rings. The second-order valence-corrected chi connectivity index (χ2v) is 12.7. The summed E-state index contributed by atoms with van der Waals surface area (Å²) in [6, 6.07) is 9.79. The third-order valence-corrected chi connectivity index (χ3v) is 10.4. The van der Waals surface area contributed by atoms with Crippen LogP contribution in [0.2, 0.25) is 0 Å². The van der Waals surface area contributed by atoms with Crippen molar-refractivity contribution in [2.75, 3.05) is 31.2 Å². The van der Waals surface area contributed by atoms with Gasteiger partial charge in [0, 0.05) is 43.7 Å². The number of anilines is 1. The first-order valence-corrected chi connectivity index (χ1v) is 15.6. The van der Waals surface area contributed by atoms with Crippen LogP contribution in [0.4, 0.5) is 5.82 Å². The summed E-state index contributed by atoms with van der Waals surface area (Å²) in [5, 5.41) is 10.1. The minimum atomic E-state index is -1.11. The number of nitrogens with zero attached hydrogens (tertiary/aromatic N) is 4. The monoisotopic (exact) mass is 550 g/mol. The molecule has 40 heavy (non-hydrogen) atoms. The molecule has 1 unspecified atom stereocenters. The molecule has 216 valence electrons. The Labute approximate surface area is 235 Å². The summed E-state index contributed by atoms with van der Waals surface area (Å²) in [4.78, 5) is 36.1. The van der Waals surface area contributed by atoms with Gasteiger partial charge in [0.1, 0.15) is 5.92 Å². The van der Waals surface area contributed by atoms with Crippen LogP contribution in [0.3, 0.4) is 0 Å². The van der Waals surface area contributed by atoms with Gasteiger partial charge in [0.05, 0.1) is 24.2 Å². The first-order chi connectivity index (χ1) is 19.5. The average Bonchev–Trinajstić information content (AvgIpc) is 3.50. The maximum absolute atomic E-state index is 14.3. The molecule has 1 N–H and O–H groups in total. The second kappa shape index (κ2) is 10.7. The molecule has 1 aromatic heterocycles. The van der Waals surface area contributed by atoms with Gasteiger partial charge in [-0.25, -0.2) is 4.98 Å². The van der Waals surface area contributed by atoms with E-state index in [-0.39, 0.29) is 18.1 Å². The molecule has 2 bridgehead atoms. The summed E-state index contributed by atoms with van der Waals surface area (Å²) in [5.74, 6) is -2.60. The van der Waals surface area contributed by atoms with Gasteiger partial charge in [0.2, 0.25) is 0 Å². The third kappa shape index (κ3) is 4.54. The van der Waals surface area contributed by atoms with E-state index in [9.17, 15) is 14.7 Å². The Morgan fingerprint density at radius 1 is 0.900 bits per heavy atom. The molecular formula is C31H42N4O5. The number of rotatable bonds is 4. The quantitative estimate of drug-likeness (QED) is 0.601. The van der Waals surface area contributed by atoms with Crippen molar-refractivity contribution < 1.29 is 19.4 Å². The zero-order valence-corrected chi connectivity index (χ0v) is 23.4. The Morgan fingerprint density at radius 2 is 1.57 bits per heavy atom. The molecule has 5 fully saturated rings. The Morgan fingerprint density at radius 3 is 2.27 bits per heavy atom. The topological polar surface area (TPSA) is 97.1 Å². The molecule has 4 aliphatic heterocycles. The van der Waals surface area contributed by atoms with E-state index in [1.165, 1.54) is 57.8 Å². The van der Waals surface area contributed by atoms with Crippen LogP contribution in [-0.2, 0) is 14.3 Å². The molecule has 1 saturated carbocycles. The number of piperidine rings is 2. The molecular weight excluding hydrogens is 508 g/mol. The molecule has 7 rings (SSSR count). The first-order valence-electron chi connectivity index (χ1n) is 15.6. The molecule has 2 aromatic rings. The van der Waals surface area contributed by atoms with Crippen molar-refractivity contribution in [2.24, 2.45) is 5.92 Å². The van der Waals surface area contributed by atoms with Gasteiger partial charge in [-0.1, -0.05) is 44.2 Å². The zero-order chi connectivity index (χ0) is 27.3. The van der Waals surface area contributed by atoms with Crippen LogP contribution in [0.15, 0.2) is 29.1 Å². The van der Waals surface area contributed by atoms with Gasteiger partial charge in [-0.3, -0.25) is 14.5 Å². The summed E-state index contributed by atoms with van der Waals surface area (Å²) in [7, 11) is 0. The number of aliphatic carboxylic acids is 1. The highest BCUT2D eigenvalue weighted by molar-refractivity contribution is 5.77. The molecule has 1 aliphatic carbocycles. The van der Waals surface area contributed by atoms with Crippen LogP contribution in [0.1, 0.15) is 83.1 Å². The highest BCUT2D eigenvalue weighted by Gasteiger charge is 2.52. The van der Waals surface area contributed by atoms with Crippen LogP contribution in [0.25, 0.3) is 11.0 Å². The number of fused-ring (bicyclic) bond motifs is 3. The number of benzene rings is 1. The molecule has 9 heteroatoms. The van der Waals surface area contributed by atoms with Crippen LogP contribution in [0, 0.1) is 5.92 Å². The molecule has 5 heterocycles. The maximum atomic E-state index is 14.3. The highest BCUT2D eigenvalue weighted by Crippen LogP contribution is 2.44. The van der Waals surface area contributed by atoms with Crippen molar-refractivity contribution in [1.82, 2.24) is 14.5 Å². The smallest absolute Gasteiger partial charge is 0.313 e. The average molecular weight is 551 g/mol. The number of hydrogen-bond acceptors (Lipinski definition) is 7. The number of para-hydroxylation sites is 2. The van der Waals surface area contributed by atoms with E-state index >= 15 is 0 Å². The lowest BCUT2D eigenvalue weighted by Crippen LogP contribution is -2.57. The van der Waals surface area contributed by atoms with Gasteiger partial charge in [-0.15, -0.1) is 0 Å². The van der Waals surface area contributed by atoms with Crippen LogP contribution >= 0.6 is 0 Å². The second-order valence-electron chi connectivity index (χ2n) is 12.7. The van der Waals surface area contributed by atoms with E-state index in [2.05, 4.69) is 4.90 Å². The van der Waals surface area contributed by atoms with Crippen molar-refractivity contribution >= 4 is 22.8 Å².